The maximum Gasteiger partial charge on any atom is 0.341 e. The van der Waals surface area contributed by atoms with Gasteiger partial charge in [-0.15, -0.1) is 0 Å². The van der Waals surface area contributed by atoms with E-state index < -0.39 is 12.6 Å². The average molecular weight is 378 g/mol. The minimum atomic E-state index is -1.13. The Morgan fingerprint density at radius 2 is 1.96 bits per heavy atom. The van der Waals surface area contributed by atoms with E-state index in [9.17, 15) is 10.1 Å². The summed E-state index contributed by atoms with van der Waals surface area (Å²) >= 11 is 12.0. The summed E-state index contributed by atoms with van der Waals surface area (Å²) in [4.78, 5) is 10.7. The molecule has 0 aliphatic rings. The summed E-state index contributed by atoms with van der Waals surface area (Å²) in [6, 6.07) is 12.2. The first-order valence-corrected chi connectivity index (χ1v) is 7.80. The van der Waals surface area contributed by atoms with E-state index in [2.05, 4.69) is 6.07 Å². The molecule has 0 atom stereocenters. The summed E-state index contributed by atoms with van der Waals surface area (Å²) in [7, 11) is 1.41. The fourth-order valence-electron chi connectivity index (χ4n) is 2.07. The molecule has 0 saturated carbocycles. The Balaban J connectivity index is 2.41. The maximum atomic E-state index is 10.7. The van der Waals surface area contributed by atoms with E-state index in [0.717, 1.165) is 0 Å². The third-order valence-corrected chi connectivity index (χ3v) is 3.71. The minimum absolute atomic E-state index is 0.133. The molecule has 0 bridgehead atoms. The number of aliphatic carboxylic acids is 1. The summed E-state index contributed by atoms with van der Waals surface area (Å²) < 4.78 is 10.4. The monoisotopic (exact) mass is 377 g/mol. The molecule has 128 valence electrons. The molecule has 7 heteroatoms. The zero-order chi connectivity index (χ0) is 18.4. The van der Waals surface area contributed by atoms with Gasteiger partial charge in [0.25, 0.3) is 0 Å². The van der Waals surface area contributed by atoms with Gasteiger partial charge in [0.1, 0.15) is 0 Å². The molecule has 5 nitrogen and oxygen atoms in total. The van der Waals surface area contributed by atoms with Crippen LogP contribution in [0.2, 0.25) is 10.0 Å². The van der Waals surface area contributed by atoms with Crippen molar-refractivity contribution in [2.75, 3.05) is 13.7 Å². The zero-order valence-electron chi connectivity index (χ0n) is 13.1. The molecule has 25 heavy (non-hydrogen) atoms. The van der Waals surface area contributed by atoms with Gasteiger partial charge in [-0.05, 0) is 41.5 Å². The lowest BCUT2D eigenvalue weighted by Crippen LogP contribution is -2.10. The lowest BCUT2D eigenvalue weighted by molar-refractivity contribution is -0.139. The summed E-state index contributed by atoms with van der Waals surface area (Å²) in [5, 5.41) is 18.9. The number of nitrogens with zero attached hydrogens (tertiary/aromatic N) is 1. The van der Waals surface area contributed by atoms with Gasteiger partial charge < -0.3 is 14.6 Å². The lowest BCUT2D eigenvalue weighted by Gasteiger charge is -2.12. The first-order valence-electron chi connectivity index (χ1n) is 7.04. The third kappa shape index (κ3) is 4.90. The Morgan fingerprint density at radius 3 is 2.52 bits per heavy atom. The summed E-state index contributed by atoms with van der Waals surface area (Å²) in [5.74, 6) is -0.723. The molecule has 0 fully saturated rings. The van der Waals surface area contributed by atoms with Crippen molar-refractivity contribution in [3.63, 3.8) is 0 Å². The number of rotatable bonds is 6. The number of carbonyl (C=O) groups is 1. The zero-order valence-corrected chi connectivity index (χ0v) is 14.6. The number of hydrogen-bond acceptors (Lipinski definition) is 4. The van der Waals surface area contributed by atoms with E-state index >= 15 is 0 Å². The molecule has 0 unspecified atom stereocenters. The minimum Gasteiger partial charge on any atom is -0.493 e. The lowest BCUT2D eigenvalue weighted by atomic mass is 10.0. The molecule has 0 saturated heterocycles. The summed E-state index contributed by atoms with van der Waals surface area (Å²) in [5.41, 5.74) is 1.72. The molecular formula is C18H13Cl2NO4. The predicted octanol–water partition coefficient (Wildman–Crippen LogP) is 4.53. The Morgan fingerprint density at radius 1 is 1.28 bits per heavy atom. The fraction of sp³-hybridized carbons (Fsp3) is 0.111. The number of carboxylic acid groups (broad SMARTS) is 1. The number of methoxy groups -OCH3 is 1. The number of ether oxygens (including phenoxy) is 2. The number of halogens is 2. The van der Waals surface area contributed by atoms with Crippen LogP contribution in [0.5, 0.6) is 11.5 Å². The molecule has 0 aliphatic heterocycles. The van der Waals surface area contributed by atoms with Crippen molar-refractivity contribution in [2.45, 2.75) is 0 Å². The fourth-order valence-corrected chi connectivity index (χ4v) is 2.47. The molecule has 0 aliphatic carbocycles. The van der Waals surface area contributed by atoms with Gasteiger partial charge >= 0.3 is 5.97 Å². The van der Waals surface area contributed by atoms with Gasteiger partial charge in [-0.2, -0.15) is 5.26 Å². The summed E-state index contributed by atoms with van der Waals surface area (Å²) in [6.07, 6.45) is 1.64. The topological polar surface area (TPSA) is 79.5 Å². The van der Waals surface area contributed by atoms with Crippen LogP contribution in [0.3, 0.4) is 0 Å². The van der Waals surface area contributed by atoms with Crippen LogP contribution in [-0.2, 0) is 4.79 Å². The van der Waals surface area contributed by atoms with Crippen LogP contribution in [-0.4, -0.2) is 24.8 Å². The standard InChI is InChI=1S/C18H13Cl2NO4/c1-24-16-8-11(7-15(20)18(16)25-10-17(22)23)6-13(9-21)12-2-4-14(19)5-3-12/h2-8H,10H2,1H3,(H,22,23)/b13-6-. The Hall–Kier alpha value is -2.68. The normalized spacial score (nSPS) is 10.9. The smallest absolute Gasteiger partial charge is 0.341 e. The number of allylic oxidation sites excluding steroid dienone is 1. The van der Waals surface area contributed by atoms with E-state index in [1.54, 1.807) is 42.5 Å². The van der Waals surface area contributed by atoms with Crippen LogP contribution in [0.25, 0.3) is 11.6 Å². The van der Waals surface area contributed by atoms with E-state index in [1.165, 1.54) is 7.11 Å². The highest BCUT2D eigenvalue weighted by atomic mass is 35.5. The van der Waals surface area contributed by atoms with Gasteiger partial charge in [-0.1, -0.05) is 35.3 Å². The van der Waals surface area contributed by atoms with Gasteiger partial charge in [-0.3, -0.25) is 0 Å². The van der Waals surface area contributed by atoms with Gasteiger partial charge in [0, 0.05) is 5.02 Å². The first-order chi connectivity index (χ1) is 11.9. The van der Waals surface area contributed by atoms with Crippen LogP contribution in [0, 0.1) is 11.3 Å². The highest BCUT2D eigenvalue weighted by molar-refractivity contribution is 6.32. The van der Waals surface area contributed by atoms with Crippen LogP contribution < -0.4 is 9.47 Å². The van der Waals surface area contributed by atoms with Crippen molar-refractivity contribution >= 4 is 40.8 Å². The molecule has 0 spiro atoms. The SMILES string of the molecule is COc1cc(/C=C(/C#N)c2ccc(Cl)cc2)cc(Cl)c1OCC(=O)O. The van der Waals surface area contributed by atoms with Crippen LogP contribution >= 0.6 is 23.2 Å². The number of benzene rings is 2. The van der Waals surface area contributed by atoms with Crippen LogP contribution in [0.4, 0.5) is 0 Å². The number of nitriles is 1. The molecule has 0 heterocycles. The van der Waals surface area contributed by atoms with Gasteiger partial charge in [0.15, 0.2) is 18.1 Å². The highest BCUT2D eigenvalue weighted by Gasteiger charge is 2.13. The van der Waals surface area contributed by atoms with Crippen molar-refractivity contribution < 1.29 is 19.4 Å². The van der Waals surface area contributed by atoms with Crippen LogP contribution in [0.15, 0.2) is 36.4 Å². The number of hydrogen-bond donors (Lipinski definition) is 1. The quantitative estimate of drug-likeness (QED) is 0.590. The van der Waals surface area contributed by atoms with E-state index in [4.69, 9.17) is 37.8 Å². The second-order valence-electron chi connectivity index (χ2n) is 4.89. The molecule has 2 rings (SSSR count). The van der Waals surface area contributed by atoms with E-state index in [1.807, 2.05) is 0 Å². The van der Waals surface area contributed by atoms with Crippen molar-refractivity contribution in [2.24, 2.45) is 0 Å². The molecule has 2 aromatic carbocycles. The Bertz CT molecular complexity index is 855. The van der Waals surface area contributed by atoms with Crippen molar-refractivity contribution in [3.05, 3.63) is 57.6 Å². The van der Waals surface area contributed by atoms with Crippen molar-refractivity contribution in [1.29, 1.82) is 5.26 Å². The van der Waals surface area contributed by atoms with E-state index in [0.29, 0.717) is 21.7 Å². The first kappa shape index (κ1) is 18.7. The van der Waals surface area contributed by atoms with Gasteiger partial charge in [0.05, 0.1) is 23.8 Å². The molecule has 1 N–H and O–H groups in total. The molecular weight excluding hydrogens is 365 g/mol. The highest BCUT2D eigenvalue weighted by Crippen LogP contribution is 2.37. The second-order valence-corrected chi connectivity index (χ2v) is 5.74. The Labute approximate surface area is 154 Å². The largest absolute Gasteiger partial charge is 0.493 e. The van der Waals surface area contributed by atoms with E-state index in [-0.39, 0.29) is 16.5 Å². The molecule has 0 amide bonds. The van der Waals surface area contributed by atoms with Crippen LogP contribution in [0.1, 0.15) is 11.1 Å². The summed E-state index contributed by atoms with van der Waals surface area (Å²) in [6.45, 7) is -0.542. The van der Waals surface area contributed by atoms with Gasteiger partial charge in [0.2, 0.25) is 0 Å². The molecule has 0 aromatic heterocycles. The molecule has 2 aromatic rings. The average Bonchev–Trinajstić information content (AvgIpc) is 2.59. The Kier molecular flexibility index (Phi) is 6.29. The van der Waals surface area contributed by atoms with Crippen molar-refractivity contribution in [3.8, 4) is 17.6 Å². The third-order valence-electron chi connectivity index (χ3n) is 3.18. The maximum absolute atomic E-state index is 10.7. The molecule has 0 radical (unpaired) electrons. The predicted molar refractivity (Wildman–Crippen MR) is 96.1 cm³/mol. The van der Waals surface area contributed by atoms with Crippen molar-refractivity contribution in [1.82, 2.24) is 0 Å². The second kappa shape index (κ2) is 8.43. The number of carboxylic acids is 1. The van der Waals surface area contributed by atoms with Gasteiger partial charge in [-0.25, -0.2) is 4.79 Å².